The van der Waals surface area contributed by atoms with Crippen molar-refractivity contribution >= 4 is 17.7 Å². The molecule has 1 atom stereocenters. The van der Waals surface area contributed by atoms with E-state index in [0.717, 1.165) is 17.2 Å². The molecule has 114 valence electrons. The van der Waals surface area contributed by atoms with Crippen LogP contribution in [0.25, 0.3) is 0 Å². The summed E-state index contributed by atoms with van der Waals surface area (Å²) in [6.45, 7) is 9.70. The second kappa shape index (κ2) is 7.13. The van der Waals surface area contributed by atoms with Gasteiger partial charge >= 0.3 is 5.97 Å². The number of nitrogens with one attached hydrogen (secondary N) is 1. The van der Waals surface area contributed by atoms with E-state index >= 15 is 0 Å². The maximum absolute atomic E-state index is 11.9. The number of aryl methyl sites for hydroxylation is 2. The zero-order chi connectivity index (χ0) is 15.3. The van der Waals surface area contributed by atoms with Crippen molar-refractivity contribution in [3.05, 3.63) is 11.5 Å². The normalized spacial score (nSPS) is 14.3. The van der Waals surface area contributed by atoms with Gasteiger partial charge in [0.1, 0.15) is 11.3 Å². The highest BCUT2D eigenvalue weighted by atomic mass is 32.2. The number of hydrogen-bond donors (Lipinski definition) is 1. The van der Waals surface area contributed by atoms with E-state index in [9.17, 15) is 4.79 Å². The van der Waals surface area contributed by atoms with Gasteiger partial charge < -0.3 is 9.15 Å². The summed E-state index contributed by atoms with van der Waals surface area (Å²) < 4.78 is 10.4. The predicted molar refractivity (Wildman–Crippen MR) is 80.0 cm³/mol. The molecule has 6 heteroatoms. The lowest BCUT2D eigenvalue weighted by molar-refractivity contribution is -0.148. The van der Waals surface area contributed by atoms with Crippen LogP contribution in [0.2, 0.25) is 0 Å². The van der Waals surface area contributed by atoms with Crippen LogP contribution >= 0.6 is 11.8 Å². The number of hydrogen-bond acceptors (Lipinski definition) is 6. The molecule has 0 aliphatic heterocycles. The van der Waals surface area contributed by atoms with Crippen LogP contribution in [0, 0.1) is 13.8 Å². The van der Waals surface area contributed by atoms with Crippen LogP contribution in [0.5, 0.6) is 0 Å². The van der Waals surface area contributed by atoms with Crippen molar-refractivity contribution in [2.24, 2.45) is 0 Å². The molecule has 0 aliphatic carbocycles. The van der Waals surface area contributed by atoms with Crippen LogP contribution in [0.1, 0.15) is 38.6 Å². The highest BCUT2D eigenvalue weighted by molar-refractivity contribution is 7.99. The van der Waals surface area contributed by atoms with Gasteiger partial charge in [0, 0.05) is 11.8 Å². The first-order chi connectivity index (χ1) is 9.28. The summed E-state index contributed by atoms with van der Waals surface area (Å²) in [7, 11) is 1.41. The minimum absolute atomic E-state index is 0.204. The average Bonchev–Trinajstić information content (AvgIpc) is 2.66. The first-order valence-corrected chi connectivity index (χ1v) is 7.70. The Morgan fingerprint density at radius 2 is 2.15 bits per heavy atom. The van der Waals surface area contributed by atoms with Gasteiger partial charge in [-0.2, -0.15) is 0 Å². The molecule has 20 heavy (non-hydrogen) atoms. The first kappa shape index (κ1) is 17.0. The zero-order valence-electron chi connectivity index (χ0n) is 13.1. The highest BCUT2D eigenvalue weighted by Gasteiger charge is 2.34. The molecule has 0 amide bonds. The molecular weight excluding hydrogens is 276 g/mol. The lowest BCUT2D eigenvalue weighted by Crippen LogP contribution is -2.53. The van der Waals surface area contributed by atoms with Gasteiger partial charge in [0.25, 0.3) is 5.22 Å². The predicted octanol–water partition coefficient (Wildman–Crippen LogP) is 2.70. The van der Waals surface area contributed by atoms with E-state index in [1.807, 2.05) is 34.6 Å². The third kappa shape index (κ3) is 4.52. The number of carbonyl (C=O) groups is 1. The Morgan fingerprint density at radius 1 is 1.50 bits per heavy atom. The number of thioether (sulfide) groups is 1. The number of rotatable bonds is 7. The molecule has 0 aliphatic rings. The second-order valence-corrected chi connectivity index (χ2v) is 6.39. The van der Waals surface area contributed by atoms with Gasteiger partial charge in [0.15, 0.2) is 0 Å². The van der Waals surface area contributed by atoms with Gasteiger partial charge in [-0.1, -0.05) is 11.8 Å². The third-order valence-corrected chi connectivity index (χ3v) is 3.91. The molecule has 1 unspecified atom stereocenters. The summed E-state index contributed by atoms with van der Waals surface area (Å²) >= 11 is 1.51. The number of esters is 1. The van der Waals surface area contributed by atoms with Gasteiger partial charge in [-0.3, -0.25) is 10.1 Å². The molecule has 0 saturated carbocycles. The Bertz CT molecular complexity index is 440. The molecule has 0 bridgehead atoms. The molecule has 0 aromatic carbocycles. The monoisotopic (exact) mass is 300 g/mol. The molecular formula is C14H24N2O3S. The lowest BCUT2D eigenvalue weighted by atomic mass is 9.98. The van der Waals surface area contributed by atoms with E-state index in [1.54, 1.807) is 0 Å². The van der Waals surface area contributed by atoms with E-state index < -0.39 is 5.54 Å². The number of ether oxygens (including phenoxy) is 1. The molecule has 0 fully saturated rings. The number of methoxy groups -OCH3 is 1. The Morgan fingerprint density at radius 3 is 2.60 bits per heavy atom. The minimum Gasteiger partial charge on any atom is -0.468 e. The molecule has 0 saturated heterocycles. The molecule has 1 heterocycles. The van der Waals surface area contributed by atoms with Crippen LogP contribution < -0.4 is 5.32 Å². The Hall–Kier alpha value is -1.01. The van der Waals surface area contributed by atoms with Gasteiger partial charge in [-0.05, 0) is 41.0 Å². The molecule has 1 aromatic rings. The smallest absolute Gasteiger partial charge is 0.325 e. The highest BCUT2D eigenvalue weighted by Crippen LogP contribution is 2.24. The van der Waals surface area contributed by atoms with E-state index in [4.69, 9.17) is 9.15 Å². The van der Waals surface area contributed by atoms with Crippen LogP contribution in [0.4, 0.5) is 0 Å². The molecule has 1 N–H and O–H groups in total. The first-order valence-electron chi connectivity index (χ1n) is 6.71. The van der Waals surface area contributed by atoms with E-state index in [0.29, 0.717) is 11.6 Å². The number of carbonyl (C=O) groups excluding carboxylic acids is 1. The van der Waals surface area contributed by atoms with Crippen LogP contribution in [-0.2, 0) is 9.53 Å². The fourth-order valence-corrected chi connectivity index (χ4v) is 3.01. The summed E-state index contributed by atoms with van der Waals surface area (Å²) in [5.41, 5.74) is 0.218. The Labute approximate surface area is 124 Å². The largest absolute Gasteiger partial charge is 0.468 e. The van der Waals surface area contributed by atoms with Gasteiger partial charge in [0.05, 0.1) is 12.8 Å². The van der Waals surface area contributed by atoms with Crippen molar-refractivity contribution < 1.29 is 13.9 Å². The zero-order valence-corrected chi connectivity index (χ0v) is 13.9. The maximum atomic E-state index is 11.9. The molecule has 0 radical (unpaired) electrons. The third-order valence-electron chi connectivity index (χ3n) is 3.08. The average molecular weight is 300 g/mol. The van der Waals surface area contributed by atoms with Crippen molar-refractivity contribution in [2.45, 2.75) is 57.8 Å². The summed E-state index contributed by atoms with van der Waals surface area (Å²) in [6, 6.07) is 0.204. The summed E-state index contributed by atoms with van der Waals surface area (Å²) in [4.78, 5) is 16.3. The summed E-state index contributed by atoms with van der Waals surface area (Å²) in [6.07, 6.45) is 0.642. The van der Waals surface area contributed by atoms with Gasteiger partial charge in [0.2, 0.25) is 0 Å². The van der Waals surface area contributed by atoms with Crippen molar-refractivity contribution in [1.29, 1.82) is 0 Å². The number of aromatic nitrogens is 1. The van der Waals surface area contributed by atoms with Crippen molar-refractivity contribution in [3.8, 4) is 0 Å². The summed E-state index contributed by atoms with van der Waals surface area (Å²) in [5, 5.41) is 3.92. The van der Waals surface area contributed by atoms with E-state index in [2.05, 4.69) is 10.3 Å². The fourth-order valence-electron chi connectivity index (χ4n) is 1.94. The van der Waals surface area contributed by atoms with Crippen LogP contribution in [0.3, 0.4) is 0 Å². The van der Waals surface area contributed by atoms with Crippen LogP contribution in [-0.4, -0.2) is 35.4 Å². The quantitative estimate of drug-likeness (QED) is 0.617. The lowest BCUT2D eigenvalue weighted by Gasteiger charge is -2.29. The number of nitrogens with zero attached hydrogens (tertiary/aromatic N) is 1. The summed E-state index contributed by atoms with van der Waals surface area (Å²) in [5.74, 6) is 1.32. The van der Waals surface area contributed by atoms with Crippen LogP contribution in [0.15, 0.2) is 9.64 Å². The Balaban J connectivity index is 2.60. The standard InChI is InChI=1S/C14H24N2O3S/c1-9(2)16-14(5,12(17)18-6)7-8-20-13-15-10(3)11(4)19-13/h9,16H,7-8H2,1-6H3. The Kier molecular flexibility index (Phi) is 6.07. The minimum atomic E-state index is -0.688. The molecule has 0 spiro atoms. The molecule has 1 rings (SSSR count). The SMILES string of the molecule is COC(=O)C(C)(CCSc1nc(C)c(C)o1)NC(C)C. The molecule has 1 aromatic heterocycles. The number of oxazole rings is 1. The van der Waals surface area contributed by atoms with Crippen molar-refractivity contribution in [1.82, 2.24) is 10.3 Å². The van der Waals surface area contributed by atoms with Gasteiger partial charge in [-0.15, -0.1) is 0 Å². The fraction of sp³-hybridized carbons (Fsp3) is 0.714. The maximum Gasteiger partial charge on any atom is 0.325 e. The van der Waals surface area contributed by atoms with E-state index in [1.165, 1.54) is 18.9 Å². The van der Waals surface area contributed by atoms with E-state index in [-0.39, 0.29) is 12.0 Å². The van der Waals surface area contributed by atoms with Crippen molar-refractivity contribution in [2.75, 3.05) is 12.9 Å². The molecule has 5 nitrogen and oxygen atoms in total. The second-order valence-electron chi connectivity index (χ2n) is 5.34. The van der Waals surface area contributed by atoms with Crippen molar-refractivity contribution in [3.63, 3.8) is 0 Å². The topological polar surface area (TPSA) is 64.4 Å². The van der Waals surface area contributed by atoms with Gasteiger partial charge in [-0.25, -0.2) is 4.98 Å².